The molecule has 0 aliphatic rings. The molecule has 0 aliphatic carbocycles. The lowest BCUT2D eigenvalue weighted by Gasteiger charge is -2.08. The van der Waals surface area contributed by atoms with Crippen LogP contribution in [0.5, 0.6) is 0 Å². The largest absolute Gasteiger partial charge is 0.398 e. The van der Waals surface area contributed by atoms with Crippen molar-refractivity contribution in [2.75, 3.05) is 12.3 Å². The van der Waals surface area contributed by atoms with Gasteiger partial charge >= 0.3 is 0 Å². The lowest BCUT2D eigenvalue weighted by atomic mass is 10.1. The Morgan fingerprint density at radius 3 is 2.75 bits per heavy atom. The van der Waals surface area contributed by atoms with Gasteiger partial charge in [-0.2, -0.15) is 0 Å². The molecule has 0 spiro atoms. The molecular weight excluding hydrogens is 200 g/mol. The second-order valence-corrected chi connectivity index (χ2v) is 4.12. The number of fused-ring (bicyclic) bond motifs is 1. The number of aryl methyl sites for hydroxylation is 2. The molecule has 0 fully saturated rings. The van der Waals surface area contributed by atoms with Gasteiger partial charge in [0.05, 0.1) is 12.1 Å². The average Bonchev–Trinajstić information content (AvgIpc) is 2.59. The molecule has 2 rings (SSSR count). The molecular formula is C13H18N2O. The van der Waals surface area contributed by atoms with Crippen LogP contribution in [0.1, 0.15) is 18.1 Å². The second kappa shape index (κ2) is 4.18. The highest BCUT2D eigenvalue weighted by Gasteiger charge is 2.11. The second-order valence-electron chi connectivity index (χ2n) is 4.12. The molecule has 3 nitrogen and oxygen atoms in total. The minimum atomic E-state index is 0.154. The van der Waals surface area contributed by atoms with Crippen molar-refractivity contribution < 1.29 is 5.11 Å². The SMILES string of the molecule is CCc1ccc(N)c2c(C)cn(CCO)c12. The van der Waals surface area contributed by atoms with Crippen molar-refractivity contribution in [2.45, 2.75) is 26.8 Å². The zero-order chi connectivity index (χ0) is 11.7. The Labute approximate surface area is 95.5 Å². The topological polar surface area (TPSA) is 51.2 Å². The molecule has 0 amide bonds. The van der Waals surface area contributed by atoms with Gasteiger partial charge in [0, 0.05) is 23.8 Å². The van der Waals surface area contributed by atoms with Crippen LogP contribution in [0.3, 0.4) is 0 Å². The van der Waals surface area contributed by atoms with E-state index in [4.69, 9.17) is 10.8 Å². The third kappa shape index (κ3) is 1.57. The molecule has 0 aliphatic heterocycles. The zero-order valence-corrected chi connectivity index (χ0v) is 9.83. The number of rotatable bonds is 3. The van der Waals surface area contributed by atoms with Crippen molar-refractivity contribution in [3.05, 3.63) is 29.5 Å². The first-order valence-corrected chi connectivity index (χ1v) is 5.66. The molecule has 0 saturated heterocycles. The molecule has 16 heavy (non-hydrogen) atoms. The summed E-state index contributed by atoms with van der Waals surface area (Å²) in [5.74, 6) is 0. The Bertz CT molecular complexity index is 514. The van der Waals surface area contributed by atoms with Crippen molar-refractivity contribution in [3.8, 4) is 0 Å². The van der Waals surface area contributed by atoms with Crippen molar-refractivity contribution in [3.63, 3.8) is 0 Å². The van der Waals surface area contributed by atoms with Crippen molar-refractivity contribution in [1.29, 1.82) is 0 Å². The van der Waals surface area contributed by atoms with Gasteiger partial charge in [-0.3, -0.25) is 0 Å². The van der Waals surface area contributed by atoms with E-state index in [0.717, 1.165) is 17.5 Å². The van der Waals surface area contributed by atoms with Gasteiger partial charge in [0.1, 0.15) is 0 Å². The number of hydrogen-bond acceptors (Lipinski definition) is 2. The molecule has 1 aromatic carbocycles. The van der Waals surface area contributed by atoms with Gasteiger partial charge < -0.3 is 15.4 Å². The predicted octanol–water partition coefficient (Wildman–Crippen LogP) is 2.09. The van der Waals surface area contributed by atoms with Gasteiger partial charge in [-0.15, -0.1) is 0 Å². The maximum atomic E-state index is 9.07. The number of nitrogens with two attached hydrogens (primary N) is 1. The van der Waals surface area contributed by atoms with Crippen LogP contribution >= 0.6 is 0 Å². The van der Waals surface area contributed by atoms with E-state index in [2.05, 4.69) is 30.7 Å². The van der Waals surface area contributed by atoms with E-state index in [1.165, 1.54) is 16.6 Å². The maximum absolute atomic E-state index is 9.07. The predicted molar refractivity (Wildman–Crippen MR) is 67.6 cm³/mol. The van der Waals surface area contributed by atoms with Gasteiger partial charge in [-0.1, -0.05) is 13.0 Å². The van der Waals surface area contributed by atoms with Crippen molar-refractivity contribution in [1.82, 2.24) is 4.57 Å². The third-order valence-corrected chi connectivity index (χ3v) is 3.05. The average molecular weight is 218 g/mol. The van der Waals surface area contributed by atoms with Crippen LogP contribution in [0.15, 0.2) is 18.3 Å². The first-order chi connectivity index (χ1) is 7.69. The maximum Gasteiger partial charge on any atom is 0.0610 e. The lowest BCUT2D eigenvalue weighted by Crippen LogP contribution is -2.02. The number of anilines is 1. The summed E-state index contributed by atoms with van der Waals surface area (Å²) < 4.78 is 2.10. The summed E-state index contributed by atoms with van der Waals surface area (Å²) in [6.45, 7) is 4.98. The summed E-state index contributed by atoms with van der Waals surface area (Å²) in [5.41, 5.74) is 10.5. The standard InChI is InChI=1S/C13H18N2O/c1-3-10-4-5-11(14)12-9(2)8-15(6-7-16)13(10)12/h4-5,8,16H,3,6-7,14H2,1-2H3. The number of nitrogen functional groups attached to an aromatic ring is 1. The molecule has 3 heteroatoms. The van der Waals surface area contributed by atoms with Gasteiger partial charge in [0.25, 0.3) is 0 Å². The third-order valence-electron chi connectivity index (χ3n) is 3.05. The normalized spacial score (nSPS) is 11.2. The highest BCUT2D eigenvalue weighted by Crippen LogP contribution is 2.29. The molecule has 2 aromatic rings. The van der Waals surface area contributed by atoms with Crippen LogP contribution in [-0.4, -0.2) is 16.3 Å². The van der Waals surface area contributed by atoms with Crippen LogP contribution in [0, 0.1) is 6.92 Å². The Morgan fingerprint density at radius 2 is 2.12 bits per heavy atom. The van der Waals surface area contributed by atoms with Gasteiger partial charge in [0.2, 0.25) is 0 Å². The number of benzene rings is 1. The molecule has 86 valence electrons. The fourth-order valence-corrected chi connectivity index (χ4v) is 2.32. The molecule has 0 unspecified atom stereocenters. The smallest absolute Gasteiger partial charge is 0.0610 e. The van der Waals surface area contributed by atoms with E-state index in [1.807, 2.05) is 6.07 Å². The molecule has 0 atom stereocenters. The Morgan fingerprint density at radius 1 is 1.38 bits per heavy atom. The summed E-state index contributed by atoms with van der Waals surface area (Å²) in [6.07, 6.45) is 3.04. The molecule has 0 saturated carbocycles. The van der Waals surface area contributed by atoms with E-state index in [9.17, 15) is 0 Å². The van der Waals surface area contributed by atoms with E-state index >= 15 is 0 Å². The van der Waals surface area contributed by atoms with Gasteiger partial charge in [0.15, 0.2) is 0 Å². The molecule has 1 heterocycles. The van der Waals surface area contributed by atoms with Crippen molar-refractivity contribution >= 4 is 16.6 Å². The number of aliphatic hydroxyl groups is 1. The lowest BCUT2D eigenvalue weighted by molar-refractivity contribution is 0.278. The van der Waals surface area contributed by atoms with E-state index < -0.39 is 0 Å². The fourth-order valence-electron chi connectivity index (χ4n) is 2.32. The van der Waals surface area contributed by atoms with Gasteiger partial charge in [-0.25, -0.2) is 0 Å². The van der Waals surface area contributed by atoms with Crippen molar-refractivity contribution in [2.24, 2.45) is 0 Å². The monoisotopic (exact) mass is 218 g/mol. The molecule has 3 N–H and O–H groups in total. The van der Waals surface area contributed by atoms with Gasteiger partial charge in [-0.05, 0) is 30.5 Å². The number of aromatic nitrogens is 1. The van der Waals surface area contributed by atoms with Crippen LogP contribution in [0.2, 0.25) is 0 Å². The summed E-state index contributed by atoms with van der Waals surface area (Å²) in [5, 5.41) is 10.2. The first-order valence-electron chi connectivity index (χ1n) is 5.66. The minimum absolute atomic E-state index is 0.154. The molecule has 0 radical (unpaired) electrons. The molecule has 1 aromatic heterocycles. The Kier molecular flexibility index (Phi) is 2.88. The Balaban J connectivity index is 2.78. The highest BCUT2D eigenvalue weighted by molar-refractivity contribution is 5.96. The van der Waals surface area contributed by atoms with E-state index in [-0.39, 0.29) is 6.61 Å². The minimum Gasteiger partial charge on any atom is -0.398 e. The highest BCUT2D eigenvalue weighted by atomic mass is 16.3. The molecule has 0 bridgehead atoms. The summed E-state index contributed by atoms with van der Waals surface area (Å²) in [7, 11) is 0. The van der Waals surface area contributed by atoms with E-state index in [0.29, 0.717) is 6.54 Å². The van der Waals surface area contributed by atoms with Crippen LogP contribution in [0.4, 0.5) is 5.69 Å². The number of nitrogens with zero attached hydrogens (tertiary/aromatic N) is 1. The van der Waals surface area contributed by atoms with Crippen LogP contribution < -0.4 is 5.73 Å². The summed E-state index contributed by atoms with van der Waals surface area (Å²) >= 11 is 0. The number of aliphatic hydroxyl groups excluding tert-OH is 1. The van der Waals surface area contributed by atoms with E-state index in [1.54, 1.807) is 0 Å². The summed E-state index contributed by atoms with van der Waals surface area (Å²) in [6, 6.07) is 4.04. The quantitative estimate of drug-likeness (QED) is 0.775. The summed E-state index contributed by atoms with van der Waals surface area (Å²) in [4.78, 5) is 0. The van der Waals surface area contributed by atoms with Crippen LogP contribution in [-0.2, 0) is 13.0 Å². The zero-order valence-electron chi connectivity index (χ0n) is 9.83. The number of hydrogen-bond donors (Lipinski definition) is 2. The fraction of sp³-hybridized carbons (Fsp3) is 0.385. The van der Waals surface area contributed by atoms with Crippen LogP contribution in [0.25, 0.3) is 10.9 Å². The Hall–Kier alpha value is -1.48. The first kappa shape index (κ1) is 11.0.